The molecule has 2 aromatic rings. The van der Waals surface area contributed by atoms with Gasteiger partial charge >= 0.3 is 0 Å². The first kappa shape index (κ1) is 11.3. The van der Waals surface area contributed by atoms with Gasteiger partial charge in [-0.3, -0.25) is 4.79 Å². The van der Waals surface area contributed by atoms with Gasteiger partial charge in [-0.1, -0.05) is 58.4 Å². The van der Waals surface area contributed by atoms with Crippen LogP contribution >= 0.6 is 15.9 Å². The van der Waals surface area contributed by atoms with E-state index < -0.39 is 0 Å². The zero-order valence-corrected chi connectivity index (χ0v) is 10.7. The van der Waals surface area contributed by atoms with Gasteiger partial charge in [0.15, 0.2) is 0 Å². The zero-order chi connectivity index (χ0) is 11.5. The summed E-state index contributed by atoms with van der Waals surface area (Å²) < 4.78 is 0. The van der Waals surface area contributed by atoms with E-state index in [1.807, 2.05) is 18.2 Å². The van der Waals surface area contributed by atoms with Crippen LogP contribution in [0.4, 0.5) is 0 Å². The molecule has 2 heteroatoms. The number of halogens is 1. The number of ketones is 1. The lowest BCUT2D eigenvalue weighted by atomic mass is 10.0. The first-order valence-electron chi connectivity index (χ1n) is 5.29. The van der Waals surface area contributed by atoms with Gasteiger partial charge in [0.1, 0.15) is 5.78 Å². The Labute approximate surface area is 104 Å². The normalized spacial score (nSPS) is 12.6. The highest BCUT2D eigenvalue weighted by Gasteiger charge is 2.11. The summed E-state index contributed by atoms with van der Waals surface area (Å²) in [5.74, 6) is 0.174. The summed E-state index contributed by atoms with van der Waals surface area (Å²) in [6.07, 6.45) is 0.747. The molecule has 0 aromatic heterocycles. The van der Waals surface area contributed by atoms with Crippen molar-refractivity contribution in [2.45, 2.75) is 18.2 Å². The molecule has 0 N–H and O–H groups in total. The number of fused-ring (bicyclic) bond motifs is 1. The van der Waals surface area contributed by atoms with Crippen LogP contribution in [-0.2, 0) is 11.2 Å². The summed E-state index contributed by atoms with van der Waals surface area (Å²) in [6, 6.07) is 14.5. The Balaban J connectivity index is 2.41. The fourth-order valence-corrected chi connectivity index (χ4v) is 2.16. The summed E-state index contributed by atoms with van der Waals surface area (Å²) in [7, 11) is 0. The third kappa shape index (κ3) is 2.33. The van der Waals surface area contributed by atoms with Crippen LogP contribution in [0.2, 0.25) is 0 Å². The lowest BCUT2D eigenvalue weighted by Crippen LogP contribution is -2.12. The highest BCUT2D eigenvalue weighted by atomic mass is 79.9. The second-order valence-corrected chi connectivity index (χ2v) is 5.03. The maximum absolute atomic E-state index is 11.2. The van der Waals surface area contributed by atoms with Crippen molar-refractivity contribution in [1.29, 1.82) is 0 Å². The van der Waals surface area contributed by atoms with E-state index in [1.165, 1.54) is 16.3 Å². The van der Waals surface area contributed by atoms with E-state index in [4.69, 9.17) is 0 Å². The molecule has 0 saturated carbocycles. The molecule has 2 rings (SSSR count). The average Bonchev–Trinajstić information content (AvgIpc) is 2.29. The predicted molar refractivity (Wildman–Crippen MR) is 71.0 cm³/mol. The number of Topliss-reactive ketones (excluding diaryl/α,β-unsaturated/α-hetero) is 1. The standard InChI is InChI=1S/C14H13BrO/c1-10(16)14(15)9-12-7-4-6-11-5-2-3-8-13(11)12/h2-8,14H,9H2,1H3. The molecular formula is C14H13BrO. The van der Waals surface area contributed by atoms with E-state index in [1.54, 1.807) is 6.92 Å². The smallest absolute Gasteiger partial charge is 0.143 e. The Hall–Kier alpha value is -1.15. The molecule has 0 fully saturated rings. The predicted octanol–water partition coefficient (Wildman–Crippen LogP) is 3.73. The summed E-state index contributed by atoms with van der Waals surface area (Å²) in [5.41, 5.74) is 1.22. The van der Waals surface area contributed by atoms with Gasteiger partial charge in [-0.2, -0.15) is 0 Å². The molecule has 0 aliphatic heterocycles. The van der Waals surface area contributed by atoms with Gasteiger partial charge in [-0.15, -0.1) is 0 Å². The molecule has 1 unspecified atom stereocenters. The molecule has 1 nitrogen and oxygen atoms in total. The van der Waals surface area contributed by atoms with Crippen LogP contribution in [0.25, 0.3) is 10.8 Å². The molecule has 0 saturated heterocycles. The average molecular weight is 277 g/mol. The number of hydrogen-bond donors (Lipinski definition) is 0. The summed E-state index contributed by atoms with van der Waals surface area (Å²) >= 11 is 3.42. The number of hydrogen-bond acceptors (Lipinski definition) is 1. The lowest BCUT2D eigenvalue weighted by molar-refractivity contribution is -0.116. The quantitative estimate of drug-likeness (QED) is 0.781. The maximum atomic E-state index is 11.2. The van der Waals surface area contributed by atoms with Crippen molar-refractivity contribution < 1.29 is 4.79 Å². The Kier molecular flexibility index (Phi) is 3.39. The van der Waals surface area contributed by atoms with E-state index >= 15 is 0 Å². The molecule has 1 atom stereocenters. The molecule has 0 spiro atoms. The summed E-state index contributed by atoms with van der Waals surface area (Å²) in [5, 5.41) is 2.46. The van der Waals surface area contributed by atoms with E-state index in [0.717, 1.165) is 6.42 Å². The molecule has 0 aliphatic carbocycles. The fraction of sp³-hybridized carbons (Fsp3) is 0.214. The van der Waals surface area contributed by atoms with Crippen molar-refractivity contribution in [3.8, 4) is 0 Å². The Morgan fingerprint density at radius 2 is 1.88 bits per heavy atom. The monoisotopic (exact) mass is 276 g/mol. The Morgan fingerprint density at radius 3 is 2.62 bits per heavy atom. The van der Waals surface area contributed by atoms with Gasteiger partial charge in [0.2, 0.25) is 0 Å². The number of carbonyl (C=O) groups is 1. The molecule has 0 bridgehead atoms. The molecule has 16 heavy (non-hydrogen) atoms. The van der Waals surface area contributed by atoms with Crippen LogP contribution in [0, 0.1) is 0 Å². The van der Waals surface area contributed by atoms with Crippen LogP contribution in [0.5, 0.6) is 0 Å². The fourth-order valence-electron chi connectivity index (χ4n) is 1.81. The lowest BCUT2D eigenvalue weighted by Gasteiger charge is -2.09. The van der Waals surface area contributed by atoms with Gasteiger partial charge < -0.3 is 0 Å². The largest absolute Gasteiger partial charge is 0.299 e. The summed E-state index contributed by atoms with van der Waals surface area (Å²) in [4.78, 5) is 11.2. The topological polar surface area (TPSA) is 17.1 Å². The first-order chi connectivity index (χ1) is 7.68. The van der Waals surface area contributed by atoms with Crippen LogP contribution in [0.1, 0.15) is 12.5 Å². The van der Waals surface area contributed by atoms with Crippen molar-refractivity contribution in [1.82, 2.24) is 0 Å². The minimum atomic E-state index is -0.0849. The Morgan fingerprint density at radius 1 is 1.19 bits per heavy atom. The molecule has 0 aliphatic rings. The van der Waals surface area contributed by atoms with Crippen molar-refractivity contribution in [2.24, 2.45) is 0 Å². The van der Waals surface area contributed by atoms with Crippen LogP contribution < -0.4 is 0 Å². The summed E-state index contributed by atoms with van der Waals surface area (Å²) in [6.45, 7) is 1.62. The number of rotatable bonds is 3. The van der Waals surface area contributed by atoms with E-state index in [0.29, 0.717) is 0 Å². The number of alkyl halides is 1. The molecule has 0 amide bonds. The van der Waals surface area contributed by atoms with Crippen LogP contribution in [-0.4, -0.2) is 10.6 Å². The van der Waals surface area contributed by atoms with Gasteiger partial charge in [0, 0.05) is 0 Å². The van der Waals surface area contributed by atoms with Crippen molar-refractivity contribution >= 4 is 32.5 Å². The van der Waals surface area contributed by atoms with E-state index in [-0.39, 0.29) is 10.6 Å². The van der Waals surface area contributed by atoms with Gasteiger partial charge in [-0.05, 0) is 29.7 Å². The Bertz CT molecular complexity index is 514. The molecule has 0 radical (unpaired) electrons. The minimum absolute atomic E-state index is 0.0849. The molecule has 0 heterocycles. The third-order valence-corrected chi connectivity index (χ3v) is 3.69. The van der Waals surface area contributed by atoms with Crippen molar-refractivity contribution in [3.05, 3.63) is 48.0 Å². The molecule has 82 valence electrons. The number of carbonyl (C=O) groups excluding carboxylic acids is 1. The first-order valence-corrected chi connectivity index (χ1v) is 6.21. The van der Waals surface area contributed by atoms with Crippen LogP contribution in [0.15, 0.2) is 42.5 Å². The van der Waals surface area contributed by atoms with Crippen molar-refractivity contribution in [3.63, 3.8) is 0 Å². The SMILES string of the molecule is CC(=O)C(Br)Cc1cccc2ccccc12. The van der Waals surface area contributed by atoms with Gasteiger partial charge in [0.05, 0.1) is 4.83 Å². The van der Waals surface area contributed by atoms with E-state index in [2.05, 4.69) is 40.2 Å². The second kappa shape index (κ2) is 4.79. The number of benzene rings is 2. The van der Waals surface area contributed by atoms with Gasteiger partial charge in [-0.25, -0.2) is 0 Å². The zero-order valence-electron chi connectivity index (χ0n) is 9.11. The molecular weight excluding hydrogens is 264 g/mol. The minimum Gasteiger partial charge on any atom is -0.299 e. The molecule has 2 aromatic carbocycles. The second-order valence-electron chi connectivity index (χ2n) is 3.92. The highest BCUT2D eigenvalue weighted by molar-refractivity contribution is 9.10. The highest BCUT2D eigenvalue weighted by Crippen LogP contribution is 2.21. The third-order valence-electron chi connectivity index (χ3n) is 2.72. The maximum Gasteiger partial charge on any atom is 0.143 e. The van der Waals surface area contributed by atoms with E-state index in [9.17, 15) is 4.79 Å². The van der Waals surface area contributed by atoms with Crippen molar-refractivity contribution in [2.75, 3.05) is 0 Å². The van der Waals surface area contributed by atoms with Crippen LogP contribution in [0.3, 0.4) is 0 Å². The van der Waals surface area contributed by atoms with Gasteiger partial charge in [0.25, 0.3) is 0 Å².